The van der Waals surface area contributed by atoms with Gasteiger partial charge in [-0.1, -0.05) is 55.4 Å². The second-order valence-electron chi connectivity index (χ2n) is 12.9. The van der Waals surface area contributed by atoms with Crippen LogP contribution in [-0.2, 0) is 43.2 Å². The number of ketones is 1. The molecular weight excluding hydrogens is 616 g/mol. The van der Waals surface area contributed by atoms with Crippen molar-refractivity contribution in [3.05, 3.63) is 83.5 Å². The molecule has 2 aliphatic rings. The Hall–Kier alpha value is -4.46. The van der Waals surface area contributed by atoms with E-state index in [1.807, 2.05) is 44.2 Å². The molecule has 2 aromatic heterocycles. The SMILES string of the molecule is CC(C)C[C@H](NC(=O)[C@H](Cc1ccccc1)NC(=O)[C@H](Cc1ccccn1)NC(=O)c1cc(CN2CCOCC2)on1)C(=O)[C@]1(C)CO1. The molecule has 48 heavy (non-hydrogen) atoms. The lowest BCUT2D eigenvalue weighted by atomic mass is 9.93. The van der Waals surface area contributed by atoms with Crippen LogP contribution in [0, 0.1) is 5.92 Å². The Morgan fingerprint density at radius 1 is 0.896 bits per heavy atom. The standard InChI is InChI=1S/C35H44N6O7/c1-23(2)17-27(31(42)35(3)22-47-35)37-32(43)28(18-24-9-5-4-6-10-24)38-33(44)29(19-25-11-7-8-12-36-25)39-34(45)30-20-26(48-40-30)21-41-13-15-46-16-14-41/h4-12,20,23,27-29H,13-19,21-22H2,1-3H3,(H,37,43)(H,38,44)(H,39,45)/t27-,28-,29-,35-/m0/s1. The quantitative estimate of drug-likeness (QED) is 0.193. The van der Waals surface area contributed by atoms with Gasteiger partial charge in [0.25, 0.3) is 5.91 Å². The lowest BCUT2D eigenvalue weighted by Gasteiger charge is -2.26. The van der Waals surface area contributed by atoms with Gasteiger partial charge in [0, 0.05) is 43.9 Å². The number of rotatable bonds is 16. The molecule has 1 aromatic carbocycles. The van der Waals surface area contributed by atoms with Gasteiger partial charge in [0.05, 0.1) is 32.4 Å². The first-order valence-electron chi connectivity index (χ1n) is 16.4. The average Bonchev–Trinajstić information content (AvgIpc) is 3.66. The van der Waals surface area contributed by atoms with E-state index < -0.39 is 41.4 Å². The summed E-state index contributed by atoms with van der Waals surface area (Å²) in [7, 11) is 0. The van der Waals surface area contributed by atoms with Gasteiger partial charge in [-0.15, -0.1) is 0 Å². The molecule has 0 spiro atoms. The maximum Gasteiger partial charge on any atom is 0.274 e. The Balaban J connectivity index is 1.33. The van der Waals surface area contributed by atoms with Crippen molar-refractivity contribution in [3.63, 3.8) is 0 Å². The summed E-state index contributed by atoms with van der Waals surface area (Å²) in [5.41, 5.74) is 0.478. The van der Waals surface area contributed by atoms with Crippen molar-refractivity contribution in [1.29, 1.82) is 0 Å². The second kappa shape index (κ2) is 16.1. The van der Waals surface area contributed by atoms with E-state index in [9.17, 15) is 19.2 Å². The molecule has 2 fully saturated rings. The fraction of sp³-hybridized carbons (Fsp3) is 0.486. The fourth-order valence-corrected chi connectivity index (χ4v) is 5.57. The molecule has 4 atom stereocenters. The molecule has 4 heterocycles. The van der Waals surface area contributed by atoms with Gasteiger partial charge in [-0.05, 0) is 37.0 Å². The number of hydrogen-bond donors (Lipinski definition) is 3. The summed E-state index contributed by atoms with van der Waals surface area (Å²) in [6.07, 6.45) is 2.23. The maximum atomic E-state index is 14.0. The minimum atomic E-state index is -1.11. The van der Waals surface area contributed by atoms with Crippen molar-refractivity contribution in [2.24, 2.45) is 5.92 Å². The van der Waals surface area contributed by atoms with Gasteiger partial charge in [-0.25, -0.2) is 0 Å². The van der Waals surface area contributed by atoms with E-state index in [0.29, 0.717) is 44.2 Å². The van der Waals surface area contributed by atoms with Crippen LogP contribution in [0.3, 0.4) is 0 Å². The monoisotopic (exact) mass is 660 g/mol. The number of Topliss-reactive ketones (excluding diaryl/α,β-unsaturated/α-hetero) is 1. The Kier molecular flexibility index (Phi) is 11.7. The van der Waals surface area contributed by atoms with Crippen molar-refractivity contribution in [3.8, 4) is 0 Å². The Morgan fingerprint density at radius 3 is 2.21 bits per heavy atom. The summed E-state index contributed by atoms with van der Waals surface area (Å²) in [5.74, 6) is -1.27. The molecule has 0 unspecified atom stereocenters. The summed E-state index contributed by atoms with van der Waals surface area (Å²) in [5, 5.41) is 12.5. The van der Waals surface area contributed by atoms with E-state index in [4.69, 9.17) is 14.0 Å². The molecule has 256 valence electrons. The molecule has 0 saturated carbocycles. The summed E-state index contributed by atoms with van der Waals surface area (Å²) in [4.78, 5) is 61.0. The summed E-state index contributed by atoms with van der Waals surface area (Å²) in [6.45, 7) is 9.16. The van der Waals surface area contributed by atoms with Crippen molar-refractivity contribution >= 4 is 23.5 Å². The van der Waals surface area contributed by atoms with E-state index in [1.54, 1.807) is 37.4 Å². The second-order valence-corrected chi connectivity index (χ2v) is 12.9. The number of benzene rings is 1. The van der Waals surface area contributed by atoms with Crippen LogP contribution in [0.5, 0.6) is 0 Å². The first-order valence-corrected chi connectivity index (χ1v) is 16.4. The van der Waals surface area contributed by atoms with E-state index in [0.717, 1.165) is 18.7 Å². The molecular formula is C35H44N6O7. The van der Waals surface area contributed by atoms with E-state index >= 15 is 0 Å². The molecule has 5 rings (SSSR count). The molecule has 3 aromatic rings. The van der Waals surface area contributed by atoms with Crippen molar-refractivity contribution in [2.45, 2.75) is 70.3 Å². The summed E-state index contributed by atoms with van der Waals surface area (Å²) >= 11 is 0. The van der Waals surface area contributed by atoms with Gasteiger partial charge < -0.3 is 29.9 Å². The van der Waals surface area contributed by atoms with E-state index in [1.165, 1.54) is 0 Å². The predicted octanol–water partition coefficient (Wildman–Crippen LogP) is 1.86. The fourth-order valence-electron chi connectivity index (χ4n) is 5.57. The van der Waals surface area contributed by atoms with Crippen LogP contribution in [0.4, 0.5) is 0 Å². The number of epoxide rings is 1. The Bertz CT molecular complexity index is 1540. The lowest BCUT2D eigenvalue weighted by Crippen LogP contribution is -2.57. The van der Waals surface area contributed by atoms with Crippen LogP contribution < -0.4 is 16.0 Å². The van der Waals surface area contributed by atoms with Crippen LogP contribution in [0.25, 0.3) is 0 Å². The zero-order valence-corrected chi connectivity index (χ0v) is 27.6. The van der Waals surface area contributed by atoms with Gasteiger partial charge in [0.1, 0.15) is 17.7 Å². The van der Waals surface area contributed by atoms with E-state index in [2.05, 4.69) is 31.0 Å². The lowest BCUT2D eigenvalue weighted by molar-refractivity contribution is -0.133. The number of ether oxygens (including phenoxy) is 2. The molecule has 0 bridgehead atoms. The summed E-state index contributed by atoms with van der Waals surface area (Å²) in [6, 6.07) is 13.2. The van der Waals surface area contributed by atoms with Crippen LogP contribution in [0.2, 0.25) is 0 Å². The molecule has 3 amide bonds. The van der Waals surface area contributed by atoms with Crippen LogP contribution in [0.15, 0.2) is 65.3 Å². The number of pyridine rings is 1. The largest absolute Gasteiger partial charge is 0.379 e. The zero-order chi connectivity index (χ0) is 34.1. The minimum absolute atomic E-state index is 0.0292. The number of carbonyl (C=O) groups excluding carboxylic acids is 4. The third kappa shape index (κ3) is 9.78. The normalized spacial score (nSPS) is 19.6. The number of aromatic nitrogens is 2. The number of hydrogen-bond acceptors (Lipinski definition) is 10. The van der Waals surface area contributed by atoms with Crippen molar-refractivity contribution in [2.75, 3.05) is 32.9 Å². The first-order chi connectivity index (χ1) is 23.1. The third-order valence-corrected chi connectivity index (χ3v) is 8.39. The Labute approximate surface area is 280 Å². The predicted molar refractivity (Wildman–Crippen MR) is 175 cm³/mol. The molecule has 0 radical (unpaired) electrons. The van der Waals surface area contributed by atoms with Gasteiger partial charge in [-0.2, -0.15) is 0 Å². The van der Waals surface area contributed by atoms with Crippen LogP contribution in [-0.4, -0.2) is 95.2 Å². The van der Waals surface area contributed by atoms with Gasteiger partial charge >= 0.3 is 0 Å². The highest BCUT2D eigenvalue weighted by Gasteiger charge is 2.50. The molecule has 3 N–H and O–H groups in total. The minimum Gasteiger partial charge on any atom is -0.379 e. The number of carbonyl (C=O) groups is 4. The van der Waals surface area contributed by atoms with Crippen molar-refractivity contribution in [1.82, 2.24) is 31.0 Å². The van der Waals surface area contributed by atoms with Gasteiger partial charge in [-0.3, -0.25) is 29.1 Å². The number of amides is 3. The molecule has 2 aliphatic heterocycles. The van der Waals surface area contributed by atoms with Crippen LogP contribution >= 0.6 is 0 Å². The highest BCUT2D eigenvalue weighted by atomic mass is 16.6. The molecule has 13 heteroatoms. The first kappa shape index (κ1) is 34.9. The summed E-state index contributed by atoms with van der Waals surface area (Å²) < 4.78 is 16.2. The van der Waals surface area contributed by atoms with Crippen molar-refractivity contribution < 1.29 is 33.2 Å². The highest BCUT2D eigenvalue weighted by Crippen LogP contribution is 2.29. The average molecular weight is 661 g/mol. The molecule has 2 saturated heterocycles. The smallest absolute Gasteiger partial charge is 0.274 e. The van der Waals surface area contributed by atoms with Crippen LogP contribution in [0.1, 0.15) is 54.7 Å². The van der Waals surface area contributed by atoms with Gasteiger partial charge in [0.2, 0.25) is 11.8 Å². The number of nitrogens with zero attached hydrogens (tertiary/aromatic N) is 3. The van der Waals surface area contributed by atoms with E-state index in [-0.39, 0.29) is 30.2 Å². The van der Waals surface area contributed by atoms with Gasteiger partial charge in [0.15, 0.2) is 17.2 Å². The molecule has 13 nitrogen and oxygen atoms in total. The zero-order valence-electron chi connectivity index (χ0n) is 27.6. The third-order valence-electron chi connectivity index (χ3n) is 8.39. The topological polar surface area (TPSA) is 168 Å². The maximum absolute atomic E-state index is 14.0. The number of nitrogens with one attached hydrogen (secondary N) is 3. The highest BCUT2D eigenvalue weighted by molar-refractivity contribution is 5.99. The molecule has 0 aliphatic carbocycles. The number of morpholine rings is 1. The Morgan fingerprint density at radius 2 is 1.56 bits per heavy atom.